The number of hydrogen-bond donors (Lipinski definition) is 0. The van der Waals surface area contributed by atoms with Gasteiger partial charge < -0.3 is 4.74 Å². The molecule has 1 aromatic carbocycles. The zero-order chi connectivity index (χ0) is 14.3. The van der Waals surface area contributed by atoms with Crippen LogP contribution in [0.1, 0.15) is 16.7 Å². The van der Waals surface area contributed by atoms with Gasteiger partial charge in [-0.05, 0) is 43.7 Å². The number of benzene rings is 1. The first kappa shape index (κ1) is 15.9. The third-order valence-corrected chi connectivity index (χ3v) is 4.75. The molecule has 1 aromatic rings. The highest BCUT2D eigenvalue weighted by Crippen LogP contribution is 2.26. The number of nitriles is 1. The fourth-order valence-corrected chi connectivity index (χ4v) is 2.90. The van der Waals surface area contributed by atoms with E-state index in [1.165, 1.54) is 22.9 Å². The SMILES string of the molecule is CSC(=NC#N)SCCOc1c(C)ccc(C)c1C. The molecule has 0 atom stereocenters. The van der Waals surface area contributed by atoms with Crippen LogP contribution >= 0.6 is 23.5 Å². The standard InChI is InChI=1S/C14H18N2OS2/c1-10-5-6-11(2)13(12(10)3)17-7-8-19-14(18-4)16-9-15/h5-6H,7-8H2,1-4H3. The molecule has 3 nitrogen and oxygen atoms in total. The van der Waals surface area contributed by atoms with Gasteiger partial charge in [-0.1, -0.05) is 23.9 Å². The smallest absolute Gasteiger partial charge is 0.207 e. The Morgan fingerprint density at radius 1 is 1.32 bits per heavy atom. The van der Waals surface area contributed by atoms with Gasteiger partial charge in [-0.2, -0.15) is 10.3 Å². The van der Waals surface area contributed by atoms with Crippen molar-refractivity contribution < 1.29 is 4.74 Å². The molecule has 0 aliphatic carbocycles. The van der Waals surface area contributed by atoms with Crippen LogP contribution in [0.25, 0.3) is 0 Å². The lowest BCUT2D eigenvalue weighted by Crippen LogP contribution is -2.05. The third kappa shape index (κ3) is 4.81. The van der Waals surface area contributed by atoms with Crippen molar-refractivity contribution >= 4 is 27.9 Å². The van der Waals surface area contributed by atoms with Crippen molar-refractivity contribution in [1.29, 1.82) is 5.26 Å². The normalized spacial score (nSPS) is 11.2. The Kier molecular flexibility index (Phi) is 6.82. The van der Waals surface area contributed by atoms with Crippen molar-refractivity contribution in [2.75, 3.05) is 18.6 Å². The van der Waals surface area contributed by atoms with E-state index >= 15 is 0 Å². The molecule has 19 heavy (non-hydrogen) atoms. The Balaban J connectivity index is 2.53. The zero-order valence-electron chi connectivity index (χ0n) is 11.7. The van der Waals surface area contributed by atoms with Gasteiger partial charge in [0, 0.05) is 5.75 Å². The number of rotatable bonds is 4. The van der Waals surface area contributed by atoms with Gasteiger partial charge in [0.2, 0.25) is 6.19 Å². The monoisotopic (exact) mass is 294 g/mol. The highest BCUT2D eigenvalue weighted by atomic mass is 32.2. The van der Waals surface area contributed by atoms with Crippen LogP contribution in [-0.2, 0) is 0 Å². The van der Waals surface area contributed by atoms with Crippen LogP contribution in [0.15, 0.2) is 17.1 Å². The number of aryl methyl sites for hydroxylation is 2. The van der Waals surface area contributed by atoms with Crippen molar-refractivity contribution in [2.45, 2.75) is 20.8 Å². The summed E-state index contributed by atoms with van der Waals surface area (Å²) in [6.07, 6.45) is 3.72. The summed E-state index contributed by atoms with van der Waals surface area (Å²) in [5, 5.41) is 8.51. The summed E-state index contributed by atoms with van der Waals surface area (Å²) in [4.78, 5) is 3.73. The predicted octanol–water partition coefficient (Wildman–Crippen LogP) is 3.92. The summed E-state index contributed by atoms with van der Waals surface area (Å²) < 4.78 is 6.63. The molecule has 0 aliphatic rings. The van der Waals surface area contributed by atoms with Crippen molar-refractivity contribution in [1.82, 2.24) is 0 Å². The van der Waals surface area contributed by atoms with Gasteiger partial charge >= 0.3 is 0 Å². The Labute approximate surface area is 123 Å². The second-order valence-electron chi connectivity index (χ2n) is 4.03. The number of nitrogens with zero attached hydrogens (tertiary/aromatic N) is 2. The van der Waals surface area contributed by atoms with Gasteiger partial charge in [-0.15, -0.1) is 11.8 Å². The summed E-state index contributed by atoms with van der Waals surface area (Å²) >= 11 is 3.03. The largest absolute Gasteiger partial charge is 0.492 e. The van der Waals surface area contributed by atoms with Crippen LogP contribution in [0, 0.1) is 32.2 Å². The fraction of sp³-hybridized carbons (Fsp3) is 0.429. The van der Waals surface area contributed by atoms with E-state index < -0.39 is 0 Å². The summed E-state index contributed by atoms with van der Waals surface area (Å²) in [6, 6.07) is 4.19. The average molecular weight is 294 g/mol. The van der Waals surface area contributed by atoms with E-state index in [1.54, 1.807) is 11.8 Å². The highest BCUT2D eigenvalue weighted by molar-refractivity contribution is 8.38. The minimum Gasteiger partial charge on any atom is -0.492 e. The van der Waals surface area contributed by atoms with Crippen LogP contribution in [0.2, 0.25) is 0 Å². The maximum absolute atomic E-state index is 8.51. The first-order chi connectivity index (χ1) is 9.10. The van der Waals surface area contributed by atoms with Gasteiger partial charge in [0.15, 0.2) is 0 Å². The molecule has 0 N–H and O–H groups in total. The van der Waals surface area contributed by atoms with Crippen molar-refractivity contribution in [3.8, 4) is 11.9 Å². The topological polar surface area (TPSA) is 45.4 Å². The third-order valence-electron chi connectivity index (χ3n) is 2.74. The molecular formula is C14H18N2OS2. The molecule has 1 rings (SSSR count). The van der Waals surface area contributed by atoms with Crippen molar-refractivity contribution in [3.05, 3.63) is 28.8 Å². The van der Waals surface area contributed by atoms with Gasteiger partial charge in [0.1, 0.15) is 10.1 Å². The molecule has 0 unspecified atom stereocenters. The van der Waals surface area contributed by atoms with Crippen LogP contribution in [-0.4, -0.2) is 23.0 Å². The lowest BCUT2D eigenvalue weighted by atomic mass is 10.1. The molecule has 0 amide bonds. The fourth-order valence-electron chi connectivity index (χ4n) is 1.60. The molecule has 0 aliphatic heterocycles. The van der Waals surface area contributed by atoms with Crippen LogP contribution in [0.5, 0.6) is 5.75 Å². The second kappa shape index (κ2) is 8.13. The maximum atomic E-state index is 8.51. The summed E-state index contributed by atoms with van der Waals surface area (Å²) in [5.41, 5.74) is 3.59. The van der Waals surface area contributed by atoms with E-state index in [9.17, 15) is 0 Å². The zero-order valence-corrected chi connectivity index (χ0v) is 13.3. The Morgan fingerprint density at radius 3 is 2.63 bits per heavy atom. The van der Waals surface area contributed by atoms with Crippen LogP contribution < -0.4 is 4.74 Å². The Morgan fingerprint density at radius 2 is 2.00 bits per heavy atom. The number of thioether (sulfide) groups is 2. The number of hydrogen-bond acceptors (Lipinski definition) is 5. The maximum Gasteiger partial charge on any atom is 0.207 e. The minimum absolute atomic E-state index is 0.612. The molecule has 0 fully saturated rings. The Hall–Kier alpha value is -1.12. The predicted molar refractivity (Wildman–Crippen MR) is 85.2 cm³/mol. The van der Waals surface area contributed by atoms with Gasteiger partial charge in [0.05, 0.1) is 6.61 Å². The van der Waals surface area contributed by atoms with Crippen LogP contribution in [0.4, 0.5) is 0 Å². The van der Waals surface area contributed by atoms with Crippen molar-refractivity contribution in [3.63, 3.8) is 0 Å². The molecule has 0 aromatic heterocycles. The lowest BCUT2D eigenvalue weighted by Gasteiger charge is -2.13. The first-order valence-corrected chi connectivity index (χ1v) is 8.14. The van der Waals surface area contributed by atoms with E-state index in [2.05, 4.69) is 37.9 Å². The molecule has 0 heterocycles. The number of aliphatic imine (C=N–C) groups is 1. The van der Waals surface area contributed by atoms with E-state index in [0.29, 0.717) is 6.61 Å². The minimum atomic E-state index is 0.612. The van der Waals surface area contributed by atoms with Gasteiger partial charge in [-0.25, -0.2) is 0 Å². The highest BCUT2D eigenvalue weighted by Gasteiger charge is 2.06. The summed E-state index contributed by atoms with van der Waals surface area (Å²) in [6.45, 7) is 6.83. The number of ether oxygens (including phenoxy) is 1. The van der Waals surface area contributed by atoms with Crippen molar-refractivity contribution in [2.24, 2.45) is 4.99 Å². The Bertz CT molecular complexity index is 507. The van der Waals surface area contributed by atoms with E-state index in [4.69, 9.17) is 10.00 Å². The van der Waals surface area contributed by atoms with E-state index in [1.807, 2.05) is 12.4 Å². The molecule has 102 valence electrons. The first-order valence-electron chi connectivity index (χ1n) is 5.93. The molecule has 0 saturated heterocycles. The molecule has 0 radical (unpaired) electrons. The molecular weight excluding hydrogens is 276 g/mol. The molecule has 5 heteroatoms. The van der Waals surface area contributed by atoms with Crippen LogP contribution in [0.3, 0.4) is 0 Å². The van der Waals surface area contributed by atoms with E-state index in [0.717, 1.165) is 21.4 Å². The molecule has 0 saturated carbocycles. The summed E-state index contributed by atoms with van der Waals surface area (Å²) in [7, 11) is 0. The van der Waals surface area contributed by atoms with E-state index in [-0.39, 0.29) is 0 Å². The lowest BCUT2D eigenvalue weighted by molar-refractivity contribution is 0.339. The summed E-state index contributed by atoms with van der Waals surface area (Å²) in [5.74, 6) is 1.76. The van der Waals surface area contributed by atoms with Gasteiger partial charge in [-0.3, -0.25) is 0 Å². The molecule has 0 spiro atoms. The second-order valence-corrected chi connectivity index (χ2v) is 6.17. The quantitative estimate of drug-likeness (QED) is 0.365. The van der Waals surface area contributed by atoms with Gasteiger partial charge in [0.25, 0.3) is 0 Å². The average Bonchev–Trinajstić information content (AvgIpc) is 2.41. The molecule has 0 bridgehead atoms.